The van der Waals surface area contributed by atoms with Crippen LogP contribution in [0.5, 0.6) is 0 Å². The number of aliphatic hydroxyl groups is 3. The molecule has 1 rings (SSSR count). The summed E-state index contributed by atoms with van der Waals surface area (Å²) in [7, 11) is -5.06. The number of hydrogen-bond acceptors (Lipinski definition) is 11. The molecule has 0 aliphatic carbocycles. The maximum atomic E-state index is 12.8. The molecule has 1 aliphatic rings. The van der Waals surface area contributed by atoms with Crippen LogP contribution in [0.2, 0.25) is 0 Å². The van der Waals surface area contributed by atoms with E-state index in [1.165, 1.54) is 77.0 Å². The summed E-state index contributed by atoms with van der Waals surface area (Å²) in [5.74, 6) is -0.405. The van der Waals surface area contributed by atoms with E-state index in [1.807, 2.05) is 0 Å². The molecule has 0 spiro atoms. The van der Waals surface area contributed by atoms with Gasteiger partial charge in [0.05, 0.1) is 19.8 Å². The van der Waals surface area contributed by atoms with Crippen molar-refractivity contribution in [1.29, 1.82) is 0 Å². The predicted octanol–water partition coefficient (Wildman–Crippen LogP) is 10.5. The Balaban J connectivity index is 2.35. The Kier molecular flexibility index (Phi) is 37.6. The minimum atomic E-state index is -5.06. The summed E-state index contributed by atoms with van der Waals surface area (Å²) < 4.78 is 59.1. The molecule has 360 valence electrons. The third kappa shape index (κ3) is 33.3. The van der Waals surface area contributed by atoms with Gasteiger partial charge in [-0.15, -0.1) is 0 Å². The quantitative estimate of drug-likeness (QED) is 0.0198. The fraction of sp³-hybridized carbons (Fsp3) is 0.776. The number of unbranched alkanes of at least 4 members (excludes halogenated alkanes) is 18. The van der Waals surface area contributed by atoms with Crippen LogP contribution >= 0.6 is 0 Å². The molecule has 0 radical (unpaired) electrons. The minimum Gasteiger partial charge on any atom is -0.457 e. The van der Waals surface area contributed by atoms with Crippen LogP contribution in [0.1, 0.15) is 181 Å². The highest BCUT2D eigenvalue weighted by Gasteiger charge is 2.48. The summed E-state index contributed by atoms with van der Waals surface area (Å²) in [4.78, 5) is 12.8. The number of esters is 1. The van der Waals surface area contributed by atoms with Crippen LogP contribution in [0.15, 0.2) is 60.8 Å². The SMILES string of the molecule is CC/C=C\C/C=C\C/C=C\C/C=C\C/C=C\CCCCCCCCCCOCC(COC1OC(CO)C(O)C(OS(=O)(=O)O)C1O)OC(=O)CCCCCCCCCCCCC. The van der Waals surface area contributed by atoms with E-state index in [0.29, 0.717) is 13.0 Å². The van der Waals surface area contributed by atoms with Gasteiger partial charge in [0.2, 0.25) is 0 Å². The summed E-state index contributed by atoms with van der Waals surface area (Å²) >= 11 is 0. The average molecular weight is 899 g/mol. The molecule has 4 N–H and O–H groups in total. The number of hydrogen-bond donors (Lipinski definition) is 4. The molecule has 0 aromatic carbocycles. The molecule has 13 heteroatoms. The lowest BCUT2D eigenvalue weighted by Crippen LogP contribution is -2.60. The van der Waals surface area contributed by atoms with Crippen molar-refractivity contribution in [2.75, 3.05) is 26.4 Å². The fourth-order valence-corrected chi connectivity index (χ4v) is 7.56. The van der Waals surface area contributed by atoms with Crippen molar-refractivity contribution in [3.63, 3.8) is 0 Å². The number of rotatable bonds is 41. The maximum Gasteiger partial charge on any atom is 0.397 e. The number of carbonyl (C=O) groups excluding carboxylic acids is 1. The Bertz CT molecular complexity index is 1310. The van der Waals surface area contributed by atoms with Crippen molar-refractivity contribution >= 4 is 16.4 Å². The lowest BCUT2D eigenvalue weighted by atomic mass is 9.99. The molecule has 0 aromatic heterocycles. The molecule has 6 unspecified atom stereocenters. The van der Waals surface area contributed by atoms with Crippen LogP contribution in [0, 0.1) is 0 Å². The van der Waals surface area contributed by atoms with Crippen molar-refractivity contribution in [3.05, 3.63) is 60.8 Å². The largest absolute Gasteiger partial charge is 0.457 e. The number of carbonyl (C=O) groups is 1. The van der Waals surface area contributed by atoms with Crippen LogP contribution in [-0.2, 0) is 38.3 Å². The maximum absolute atomic E-state index is 12.8. The van der Waals surface area contributed by atoms with Crippen LogP contribution in [0.3, 0.4) is 0 Å². The summed E-state index contributed by atoms with van der Waals surface area (Å²) in [6.45, 7) is 3.84. The van der Waals surface area contributed by atoms with Crippen LogP contribution in [0.4, 0.5) is 0 Å². The van der Waals surface area contributed by atoms with Gasteiger partial charge in [0.1, 0.15) is 30.5 Å². The first-order valence-electron chi connectivity index (χ1n) is 24.0. The zero-order chi connectivity index (χ0) is 45.4. The van der Waals surface area contributed by atoms with Gasteiger partial charge < -0.3 is 34.3 Å². The summed E-state index contributed by atoms with van der Waals surface area (Å²) in [5.41, 5.74) is 0. The zero-order valence-electron chi connectivity index (χ0n) is 38.4. The molecular weight excluding hydrogens is 813 g/mol. The molecule has 0 saturated carbocycles. The first-order valence-corrected chi connectivity index (χ1v) is 25.4. The smallest absolute Gasteiger partial charge is 0.397 e. The molecular formula is C49H86O12S. The standard InChI is InChI=1S/C49H86O12S/c1-3-5-7-9-11-13-15-16-17-18-19-20-21-22-23-24-25-26-27-29-31-33-35-37-39-57-41-43(59-45(51)38-36-34-32-30-28-14-12-10-8-6-4-2)42-58-49-47(53)48(61-62(54,55)56)46(52)44(40-50)60-49/h5,7,11,13,16-17,19-20,22-23,43-44,46-50,52-53H,3-4,6,8-10,12,14-15,18,21,24-42H2,1-2H3,(H,54,55,56)/b7-5-,13-11-,17-16-,20-19-,23-22-. The second-order valence-corrected chi connectivity index (χ2v) is 17.4. The van der Waals surface area contributed by atoms with Gasteiger partial charge in [-0.25, -0.2) is 4.18 Å². The summed E-state index contributed by atoms with van der Waals surface area (Å²) in [6.07, 6.45) is 41.2. The molecule has 1 heterocycles. The predicted molar refractivity (Wildman–Crippen MR) is 248 cm³/mol. The lowest BCUT2D eigenvalue weighted by molar-refractivity contribution is -0.301. The van der Waals surface area contributed by atoms with E-state index in [9.17, 15) is 28.5 Å². The van der Waals surface area contributed by atoms with E-state index in [1.54, 1.807) is 0 Å². The minimum absolute atomic E-state index is 0.0295. The summed E-state index contributed by atoms with van der Waals surface area (Å²) in [6, 6.07) is 0. The van der Waals surface area contributed by atoms with Crippen molar-refractivity contribution in [3.8, 4) is 0 Å². The Morgan fingerprint density at radius 1 is 0.629 bits per heavy atom. The van der Waals surface area contributed by atoms with Crippen LogP contribution < -0.4 is 0 Å². The number of allylic oxidation sites excluding steroid dienone is 10. The molecule has 0 bridgehead atoms. The van der Waals surface area contributed by atoms with E-state index in [0.717, 1.165) is 77.0 Å². The highest BCUT2D eigenvalue weighted by atomic mass is 32.3. The van der Waals surface area contributed by atoms with Gasteiger partial charge in [-0.05, 0) is 57.8 Å². The van der Waals surface area contributed by atoms with Gasteiger partial charge in [0, 0.05) is 13.0 Å². The third-order valence-corrected chi connectivity index (χ3v) is 11.1. The van der Waals surface area contributed by atoms with E-state index in [4.69, 9.17) is 23.5 Å². The van der Waals surface area contributed by atoms with E-state index >= 15 is 0 Å². The summed E-state index contributed by atoms with van der Waals surface area (Å²) in [5, 5.41) is 30.7. The lowest BCUT2D eigenvalue weighted by Gasteiger charge is -2.41. The van der Waals surface area contributed by atoms with Crippen molar-refractivity contribution in [1.82, 2.24) is 0 Å². The highest BCUT2D eigenvalue weighted by Crippen LogP contribution is 2.26. The zero-order valence-corrected chi connectivity index (χ0v) is 39.2. The van der Waals surface area contributed by atoms with Gasteiger partial charge in [0.15, 0.2) is 6.29 Å². The Labute approximate surface area is 376 Å². The molecule has 62 heavy (non-hydrogen) atoms. The topological polar surface area (TPSA) is 178 Å². The van der Waals surface area contributed by atoms with E-state index in [-0.39, 0.29) is 19.6 Å². The average Bonchev–Trinajstić information content (AvgIpc) is 3.24. The molecule has 0 aromatic rings. The van der Waals surface area contributed by atoms with E-state index < -0.39 is 59.8 Å². The van der Waals surface area contributed by atoms with Gasteiger partial charge in [-0.2, -0.15) is 8.42 Å². The van der Waals surface area contributed by atoms with E-state index in [2.05, 4.69) is 78.8 Å². The van der Waals surface area contributed by atoms with Gasteiger partial charge in [-0.3, -0.25) is 9.35 Å². The van der Waals surface area contributed by atoms with Gasteiger partial charge in [-0.1, -0.05) is 177 Å². The highest BCUT2D eigenvalue weighted by molar-refractivity contribution is 7.80. The van der Waals surface area contributed by atoms with Crippen LogP contribution in [0.25, 0.3) is 0 Å². The first kappa shape index (κ1) is 57.8. The second-order valence-electron chi connectivity index (χ2n) is 16.3. The molecule has 12 nitrogen and oxygen atoms in total. The third-order valence-electron chi connectivity index (χ3n) is 10.7. The molecule has 6 atom stereocenters. The molecule has 0 amide bonds. The second kappa shape index (κ2) is 40.3. The Hall–Kier alpha value is -2.20. The number of ether oxygens (including phenoxy) is 4. The number of aliphatic hydroxyl groups excluding tert-OH is 3. The normalized spacial score (nSPS) is 20.5. The Morgan fingerprint density at radius 3 is 1.63 bits per heavy atom. The van der Waals surface area contributed by atoms with Crippen molar-refractivity contribution in [2.24, 2.45) is 0 Å². The van der Waals surface area contributed by atoms with Gasteiger partial charge in [0.25, 0.3) is 0 Å². The first-order chi connectivity index (χ1) is 30.1. The monoisotopic (exact) mass is 899 g/mol. The van der Waals surface area contributed by atoms with Crippen molar-refractivity contribution < 1.29 is 56.2 Å². The Morgan fingerprint density at radius 2 is 1.11 bits per heavy atom. The molecule has 1 fully saturated rings. The molecule has 1 aliphatic heterocycles. The fourth-order valence-electron chi connectivity index (χ4n) is 7.05. The van der Waals surface area contributed by atoms with Gasteiger partial charge >= 0.3 is 16.4 Å². The van der Waals surface area contributed by atoms with Crippen LogP contribution in [-0.4, -0.2) is 97.5 Å². The van der Waals surface area contributed by atoms with Crippen molar-refractivity contribution in [2.45, 2.75) is 218 Å². The molecule has 1 saturated heterocycles.